The Hall–Kier alpha value is -2.10. The van der Waals surface area contributed by atoms with Gasteiger partial charge in [0.25, 0.3) is 0 Å². The number of imidazole rings is 1. The van der Waals surface area contributed by atoms with Crippen molar-refractivity contribution in [3.8, 4) is 0 Å². The van der Waals surface area contributed by atoms with Crippen LogP contribution >= 0.6 is 0 Å². The Labute approximate surface area is 170 Å². The van der Waals surface area contributed by atoms with Crippen molar-refractivity contribution in [1.29, 1.82) is 0 Å². The molecule has 1 aromatic heterocycles. The second-order valence-electron chi connectivity index (χ2n) is 7.60. The van der Waals surface area contributed by atoms with Crippen LogP contribution in [0.15, 0.2) is 36.9 Å². The molecule has 1 heterocycles. The third-order valence-electron chi connectivity index (χ3n) is 5.28. The van der Waals surface area contributed by atoms with Crippen molar-refractivity contribution in [3.63, 3.8) is 0 Å². The van der Waals surface area contributed by atoms with Gasteiger partial charge in [-0.2, -0.15) is 0 Å². The van der Waals surface area contributed by atoms with Crippen LogP contribution in [0.3, 0.4) is 0 Å². The second kappa shape index (κ2) is 13.1. The lowest BCUT2D eigenvalue weighted by atomic mass is 10.1. The number of benzene rings is 1. The minimum atomic E-state index is -0.0866. The van der Waals surface area contributed by atoms with Gasteiger partial charge in [0.2, 0.25) is 5.91 Å². The van der Waals surface area contributed by atoms with Crippen molar-refractivity contribution in [2.45, 2.75) is 84.1 Å². The van der Waals surface area contributed by atoms with E-state index in [9.17, 15) is 4.79 Å². The lowest BCUT2D eigenvalue weighted by molar-refractivity contribution is -0.116. The van der Waals surface area contributed by atoms with Gasteiger partial charge < -0.3 is 9.88 Å². The van der Waals surface area contributed by atoms with Crippen molar-refractivity contribution in [2.75, 3.05) is 6.54 Å². The van der Waals surface area contributed by atoms with Gasteiger partial charge in [-0.05, 0) is 37.5 Å². The van der Waals surface area contributed by atoms with E-state index in [2.05, 4.69) is 47.7 Å². The van der Waals surface area contributed by atoms with E-state index >= 15 is 0 Å². The first-order chi connectivity index (χ1) is 13.8. The highest BCUT2D eigenvalue weighted by atomic mass is 16.1. The molecule has 0 saturated carbocycles. The number of nitrogens with one attached hydrogen (secondary N) is 1. The molecule has 0 bridgehead atoms. The van der Waals surface area contributed by atoms with E-state index in [1.807, 2.05) is 0 Å². The summed E-state index contributed by atoms with van der Waals surface area (Å²) in [6.45, 7) is 7.53. The summed E-state index contributed by atoms with van der Waals surface area (Å²) in [6, 6.07) is 8.49. The maximum absolute atomic E-state index is 11.2. The number of amides is 1. The number of para-hydroxylation sites is 2. The predicted octanol–water partition coefficient (Wildman–Crippen LogP) is 5.80. The largest absolute Gasteiger partial charge is 0.353 e. The minimum Gasteiger partial charge on any atom is -0.353 e. The van der Waals surface area contributed by atoms with Gasteiger partial charge in [0.1, 0.15) is 5.82 Å². The molecule has 0 radical (unpaired) electrons. The van der Waals surface area contributed by atoms with Crippen LogP contribution in [0.2, 0.25) is 0 Å². The molecular formula is C24H37N3O. The fourth-order valence-corrected chi connectivity index (χ4v) is 3.66. The summed E-state index contributed by atoms with van der Waals surface area (Å²) in [6.07, 6.45) is 14.8. The normalized spacial score (nSPS) is 11.0. The quantitative estimate of drug-likeness (QED) is 0.312. The van der Waals surface area contributed by atoms with Crippen molar-refractivity contribution in [2.24, 2.45) is 0 Å². The van der Waals surface area contributed by atoms with Crippen LogP contribution in [0.5, 0.6) is 0 Å². The van der Waals surface area contributed by atoms with E-state index in [0.29, 0.717) is 0 Å². The monoisotopic (exact) mass is 383 g/mol. The molecule has 28 heavy (non-hydrogen) atoms. The third-order valence-corrected chi connectivity index (χ3v) is 5.28. The molecule has 2 rings (SSSR count). The van der Waals surface area contributed by atoms with Gasteiger partial charge in [-0.15, -0.1) is 0 Å². The number of rotatable bonds is 15. The van der Waals surface area contributed by atoms with Crippen LogP contribution in [0.4, 0.5) is 0 Å². The highest BCUT2D eigenvalue weighted by Crippen LogP contribution is 2.19. The van der Waals surface area contributed by atoms with Crippen molar-refractivity contribution >= 4 is 16.9 Å². The summed E-state index contributed by atoms with van der Waals surface area (Å²) >= 11 is 0. The third kappa shape index (κ3) is 7.49. The van der Waals surface area contributed by atoms with E-state index in [4.69, 9.17) is 4.98 Å². The summed E-state index contributed by atoms with van der Waals surface area (Å²) in [4.78, 5) is 16.1. The fourth-order valence-electron chi connectivity index (χ4n) is 3.66. The molecule has 0 fully saturated rings. The first-order valence-electron chi connectivity index (χ1n) is 11.1. The summed E-state index contributed by atoms with van der Waals surface area (Å²) in [5.74, 6) is 1.12. The van der Waals surface area contributed by atoms with Crippen LogP contribution in [0.25, 0.3) is 11.0 Å². The SMILES string of the molecule is C=CC(=O)NCCCCCc1nc2ccccc2n1CCCCCCCCC. The Balaban J connectivity index is 1.80. The van der Waals surface area contributed by atoms with Gasteiger partial charge in [0, 0.05) is 19.5 Å². The Morgan fingerprint density at radius 3 is 2.54 bits per heavy atom. The van der Waals surface area contributed by atoms with Gasteiger partial charge in [0.05, 0.1) is 11.0 Å². The number of aromatic nitrogens is 2. The molecule has 1 amide bonds. The predicted molar refractivity (Wildman–Crippen MR) is 118 cm³/mol. The zero-order valence-electron chi connectivity index (χ0n) is 17.6. The Morgan fingerprint density at radius 2 is 1.75 bits per heavy atom. The summed E-state index contributed by atoms with van der Waals surface area (Å²) in [5.41, 5.74) is 2.38. The molecule has 4 nitrogen and oxygen atoms in total. The minimum absolute atomic E-state index is 0.0866. The summed E-state index contributed by atoms with van der Waals surface area (Å²) < 4.78 is 2.43. The van der Waals surface area contributed by atoms with E-state index in [1.165, 1.54) is 62.4 Å². The second-order valence-corrected chi connectivity index (χ2v) is 7.60. The van der Waals surface area contributed by atoms with Crippen LogP contribution < -0.4 is 5.32 Å². The number of hydrogen-bond acceptors (Lipinski definition) is 2. The summed E-state index contributed by atoms with van der Waals surface area (Å²) in [7, 11) is 0. The molecule has 4 heteroatoms. The fraction of sp³-hybridized carbons (Fsp3) is 0.583. The highest BCUT2D eigenvalue weighted by Gasteiger charge is 2.10. The smallest absolute Gasteiger partial charge is 0.243 e. The molecule has 1 aromatic carbocycles. The number of carbonyl (C=O) groups is 1. The number of fused-ring (bicyclic) bond motifs is 1. The zero-order chi connectivity index (χ0) is 20.0. The van der Waals surface area contributed by atoms with Gasteiger partial charge in [-0.1, -0.05) is 70.6 Å². The number of hydrogen-bond donors (Lipinski definition) is 1. The zero-order valence-corrected chi connectivity index (χ0v) is 17.6. The van der Waals surface area contributed by atoms with Gasteiger partial charge in [0.15, 0.2) is 0 Å². The maximum Gasteiger partial charge on any atom is 0.243 e. The van der Waals surface area contributed by atoms with Crippen LogP contribution in [0.1, 0.15) is 77.0 Å². The van der Waals surface area contributed by atoms with Crippen molar-refractivity contribution in [3.05, 3.63) is 42.7 Å². The average molecular weight is 384 g/mol. The molecule has 154 valence electrons. The maximum atomic E-state index is 11.2. The summed E-state index contributed by atoms with van der Waals surface area (Å²) in [5, 5.41) is 2.84. The van der Waals surface area contributed by atoms with Crippen LogP contribution in [-0.2, 0) is 17.8 Å². The van der Waals surface area contributed by atoms with Gasteiger partial charge in [-0.25, -0.2) is 4.98 Å². The highest BCUT2D eigenvalue weighted by molar-refractivity contribution is 5.86. The lowest BCUT2D eigenvalue weighted by Gasteiger charge is -2.10. The molecule has 0 spiro atoms. The molecule has 0 aliphatic heterocycles. The molecular weight excluding hydrogens is 346 g/mol. The Morgan fingerprint density at radius 1 is 1.04 bits per heavy atom. The number of carbonyl (C=O) groups excluding carboxylic acids is 1. The van der Waals surface area contributed by atoms with Crippen molar-refractivity contribution in [1.82, 2.24) is 14.9 Å². The van der Waals surface area contributed by atoms with Crippen LogP contribution in [-0.4, -0.2) is 22.0 Å². The van der Waals surface area contributed by atoms with E-state index in [0.717, 1.165) is 44.3 Å². The molecule has 0 unspecified atom stereocenters. The van der Waals surface area contributed by atoms with E-state index in [-0.39, 0.29) is 5.91 Å². The average Bonchev–Trinajstić information content (AvgIpc) is 3.07. The van der Waals surface area contributed by atoms with Gasteiger partial charge in [-0.3, -0.25) is 4.79 Å². The van der Waals surface area contributed by atoms with E-state index < -0.39 is 0 Å². The number of nitrogens with zero attached hydrogens (tertiary/aromatic N) is 2. The Kier molecular flexibility index (Phi) is 10.4. The number of aryl methyl sites for hydroxylation is 2. The first-order valence-corrected chi connectivity index (χ1v) is 11.1. The molecule has 2 aromatic rings. The molecule has 0 atom stereocenters. The van der Waals surface area contributed by atoms with E-state index in [1.54, 1.807) is 0 Å². The molecule has 0 aliphatic rings. The Bertz CT molecular complexity index is 720. The van der Waals surface area contributed by atoms with Crippen molar-refractivity contribution < 1.29 is 4.79 Å². The molecule has 1 N–H and O–H groups in total. The van der Waals surface area contributed by atoms with Crippen LogP contribution in [0, 0.1) is 0 Å². The standard InChI is InChI=1S/C24H37N3O/c1-3-5-6-7-8-9-15-20-27-22-17-13-12-16-21(22)26-23(27)18-11-10-14-19-25-24(28)4-2/h4,12-13,16-17H,2-3,5-11,14-15,18-20H2,1H3,(H,25,28). The topological polar surface area (TPSA) is 46.9 Å². The number of unbranched alkanes of at least 4 members (excludes halogenated alkanes) is 8. The molecule has 0 saturated heterocycles. The lowest BCUT2D eigenvalue weighted by Crippen LogP contribution is -2.21. The van der Waals surface area contributed by atoms with Gasteiger partial charge >= 0.3 is 0 Å². The first kappa shape index (κ1) is 22.2. The molecule has 0 aliphatic carbocycles.